The first-order valence-electron chi connectivity index (χ1n) is 7.00. The molecule has 2 heterocycles. The molecule has 20 heavy (non-hydrogen) atoms. The second kappa shape index (κ2) is 5.26. The fourth-order valence-electron chi connectivity index (χ4n) is 2.78. The van der Waals surface area contributed by atoms with Crippen molar-refractivity contribution in [3.63, 3.8) is 0 Å². The third-order valence-corrected chi connectivity index (χ3v) is 4.19. The molecule has 0 radical (unpaired) electrons. The van der Waals surface area contributed by atoms with E-state index in [-0.39, 0.29) is 12.5 Å². The summed E-state index contributed by atoms with van der Waals surface area (Å²) in [6.07, 6.45) is 1.06. The van der Waals surface area contributed by atoms with E-state index in [4.69, 9.17) is 0 Å². The third kappa shape index (κ3) is 2.30. The molecule has 0 bridgehead atoms. The van der Waals surface area contributed by atoms with E-state index in [2.05, 4.69) is 5.10 Å². The molecule has 6 nitrogen and oxygen atoms in total. The normalized spacial score (nSPS) is 22.2. The van der Waals surface area contributed by atoms with Crippen molar-refractivity contribution in [1.82, 2.24) is 14.7 Å². The predicted octanol–water partition coefficient (Wildman–Crippen LogP) is 1.54. The Balaban J connectivity index is 2.21. The summed E-state index contributed by atoms with van der Waals surface area (Å²) in [6.45, 7) is 7.04. The SMILES string of the molecule is CCn1nc(C)cc1C(=O)N1CCC(CC)(C(=O)O)C1. The summed E-state index contributed by atoms with van der Waals surface area (Å²) in [4.78, 5) is 25.6. The summed E-state index contributed by atoms with van der Waals surface area (Å²) < 4.78 is 1.67. The molecule has 1 atom stereocenters. The summed E-state index contributed by atoms with van der Waals surface area (Å²) in [7, 11) is 0. The van der Waals surface area contributed by atoms with E-state index in [1.165, 1.54) is 0 Å². The lowest BCUT2D eigenvalue weighted by molar-refractivity contribution is -0.148. The molecule has 1 aromatic rings. The van der Waals surface area contributed by atoms with Gasteiger partial charge in [0.2, 0.25) is 0 Å². The number of amides is 1. The van der Waals surface area contributed by atoms with Gasteiger partial charge in [-0.05, 0) is 32.8 Å². The first kappa shape index (κ1) is 14.6. The van der Waals surface area contributed by atoms with Crippen LogP contribution >= 0.6 is 0 Å². The Morgan fingerprint density at radius 1 is 1.45 bits per heavy atom. The maximum absolute atomic E-state index is 12.5. The van der Waals surface area contributed by atoms with Gasteiger partial charge < -0.3 is 10.0 Å². The van der Waals surface area contributed by atoms with Gasteiger partial charge in [-0.1, -0.05) is 6.92 Å². The molecule has 6 heteroatoms. The zero-order valence-corrected chi connectivity index (χ0v) is 12.2. The maximum atomic E-state index is 12.5. The fraction of sp³-hybridized carbons (Fsp3) is 0.643. The van der Waals surface area contributed by atoms with E-state index in [1.807, 2.05) is 20.8 Å². The summed E-state index contributed by atoms with van der Waals surface area (Å²) in [5.41, 5.74) is 0.554. The predicted molar refractivity (Wildman–Crippen MR) is 73.5 cm³/mol. The van der Waals surface area contributed by atoms with Gasteiger partial charge in [0.15, 0.2) is 0 Å². The number of hydrogen-bond acceptors (Lipinski definition) is 3. The lowest BCUT2D eigenvalue weighted by Gasteiger charge is -2.23. The van der Waals surface area contributed by atoms with Crippen LogP contribution in [0.4, 0.5) is 0 Å². The number of carbonyl (C=O) groups excluding carboxylic acids is 1. The van der Waals surface area contributed by atoms with Crippen LogP contribution in [-0.4, -0.2) is 44.8 Å². The van der Waals surface area contributed by atoms with Crippen molar-refractivity contribution in [2.24, 2.45) is 5.41 Å². The van der Waals surface area contributed by atoms with Crippen LogP contribution in [0.1, 0.15) is 42.9 Å². The van der Waals surface area contributed by atoms with Crippen LogP contribution < -0.4 is 0 Å². The Kier molecular flexibility index (Phi) is 3.83. The average Bonchev–Trinajstić information content (AvgIpc) is 3.02. The Morgan fingerprint density at radius 3 is 2.65 bits per heavy atom. The molecule has 1 unspecified atom stereocenters. The smallest absolute Gasteiger partial charge is 0.311 e. The van der Waals surface area contributed by atoms with Crippen molar-refractivity contribution in [3.05, 3.63) is 17.5 Å². The van der Waals surface area contributed by atoms with Crippen molar-refractivity contribution in [2.45, 2.75) is 40.2 Å². The van der Waals surface area contributed by atoms with Gasteiger partial charge in [-0.25, -0.2) is 0 Å². The van der Waals surface area contributed by atoms with Crippen LogP contribution in [0.5, 0.6) is 0 Å². The molecular weight excluding hydrogens is 258 g/mol. The number of hydrogen-bond donors (Lipinski definition) is 1. The number of carboxylic acids is 1. The minimum absolute atomic E-state index is 0.121. The second-order valence-corrected chi connectivity index (χ2v) is 5.40. The van der Waals surface area contributed by atoms with Crippen molar-refractivity contribution in [3.8, 4) is 0 Å². The van der Waals surface area contributed by atoms with Gasteiger partial charge in [0.05, 0.1) is 11.1 Å². The van der Waals surface area contributed by atoms with Gasteiger partial charge in [-0.2, -0.15) is 5.10 Å². The highest BCUT2D eigenvalue weighted by Gasteiger charge is 2.45. The molecule has 1 aliphatic heterocycles. The number of nitrogens with zero attached hydrogens (tertiary/aromatic N) is 3. The molecule has 0 saturated carbocycles. The monoisotopic (exact) mass is 279 g/mol. The topological polar surface area (TPSA) is 75.4 Å². The number of carbonyl (C=O) groups is 2. The average molecular weight is 279 g/mol. The first-order valence-corrected chi connectivity index (χ1v) is 7.00. The third-order valence-electron chi connectivity index (χ3n) is 4.19. The number of aryl methyl sites for hydroxylation is 2. The molecule has 1 N–H and O–H groups in total. The minimum Gasteiger partial charge on any atom is -0.481 e. The number of rotatable bonds is 4. The number of aromatic nitrogens is 2. The Bertz CT molecular complexity index is 538. The molecule has 0 aliphatic carbocycles. The summed E-state index contributed by atoms with van der Waals surface area (Å²) in [5.74, 6) is -0.931. The van der Waals surface area contributed by atoms with Gasteiger partial charge in [-0.3, -0.25) is 14.3 Å². The molecule has 1 aliphatic rings. The Hall–Kier alpha value is -1.85. The van der Waals surface area contributed by atoms with Crippen LogP contribution in [0, 0.1) is 12.3 Å². The van der Waals surface area contributed by atoms with Crippen molar-refractivity contribution >= 4 is 11.9 Å². The summed E-state index contributed by atoms with van der Waals surface area (Å²) >= 11 is 0. The molecular formula is C14H21N3O3. The molecule has 1 aromatic heterocycles. The van der Waals surface area contributed by atoms with Gasteiger partial charge >= 0.3 is 5.97 Å². The van der Waals surface area contributed by atoms with Crippen LogP contribution in [0.15, 0.2) is 6.07 Å². The van der Waals surface area contributed by atoms with E-state index in [0.29, 0.717) is 31.6 Å². The van der Waals surface area contributed by atoms with Gasteiger partial charge in [-0.15, -0.1) is 0 Å². The largest absolute Gasteiger partial charge is 0.481 e. The number of likely N-dealkylation sites (tertiary alicyclic amines) is 1. The lowest BCUT2D eigenvalue weighted by Crippen LogP contribution is -2.37. The van der Waals surface area contributed by atoms with E-state index in [0.717, 1.165) is 5.69 Å². The lowest BCUT2D eigenvalue weighted by atomic mass is 9.84. The molecule has 110 valence electrons. The standard InChI is InChI=1S/C14H21N3O3/c1-4-14(13(19)20)6-7-16(9-14)12(18)11-8-10(3)15-17(11)5-2/h8H,4-7,9H2,1-3H3,(H,19,20). The number of aliphatic carboxylic acids is 1. The zero-order valence-electron chi connectivity index (χ0n) is 12.2. The quantitative estimate of drug-likeness (QED) is 0.907. The fourth-order valence-corrected chi connectivity index (χ4v) is 2.78. The first-order chi connectivity index (χ1) is 9.43. The minimum atomic E-state index is -0.810. The van der Waals surface area contributed by atoms with E-state index < -0.39 is 11.4 Å². The van der Waals surface area contributed by atoms with Gasteiger partial charge in [0.25, 0.3) is 5.91 Å². The van der Waals surface area contributed by atoms with Crippen molar-refractivity contribution in [1.29, 1.82) is 0 Å². The van der Waals surface area contributed by atoms with E-state index >= 15 is 0 Å². The van der Waals surface area contributed by atoms with Crippen molar-refractivity contribution in [2.75, 3.05) is 13.1 Å². The van der Waals surface area contributed by atoms with Crippen molar-refractivity contribution < 1.29 is 14.7 Å². The zero-order chi connectivity index (χ0) is 14.9. The highest BCUT2D eigenvalue weighted by atomic mass is 16.4. The summed E-state index contributed by atoms with van der Waals surface area (Å²) in [6, 6.07) is 1.76. The highest BCUT2D eigenvalue weighted by Crippen LogP contribution is 2.34. The second-order valence-electron chi connectivity index (χ2n) is 5.40. The number of carboxylic acid groups (broad SMARTS) is 1. The van der Waals surface area contributed by atoms with E-state index in [1.54, 1.807) is 15.6 Å². The molecule has 1 saturated heterocycles. The van der Waals surface area contributed by atoms with Crippen LogP contribution in [0.3, 0.4) is 0 Å². The molecule has 0 spiro atoms. The molecule has 1 amide bonds. The van der Waals surface area contributed by atoms with E-state index in [9.17, 15) is 14.7 Å². The highest BCUT2D eigenvalue weighted by molar-refractivity contribution is 5.93. The van der Waals surface area contributed by atoms with Crippen LogP contribution in [0.25, 0.3) is 0 Å². The molecule has 2 rings (SSSR count). The van der Waals surface area contributed by atoms with Gasteiger partial charge in [0, 0.05) is 19.6 Å². The Morgan fingerprint density at radius 2 is 2.15 bits per heavy atom. The van der Waals surface area contributed by atoms with Crippen LogP contribution in [0.2, 0.25) is 0 Å². The maximum Gasteiger partial charge on any atom is 0.311 e. The molecule has 0 aromatic carbocycles. The van der Waals surface area contributed by atoms with Gasteiger partial charge in [0.1, 0.15) is 5.69 Å². The molecule has 1 fully saturated rings. The Labute approximate surface area is 118 Å². The summed E-state index contributed by atoms with van der Waals surface area (Å²) in [5, 5.41) is 13.6. The van der Waals surface area contributed by atoms with Crippen LogP contribution in [-0.2, 0) is 11.3 Å².